The van der Waals surface area contributed by atoms with E-state index in [-0.39, 0.29) is 0 Å². The van der Waals surface area contributed by atoms with Crippen LogP contribution in [0.4, 0.5) is 11.6 Å². The number of likely N-dealkylation sites (tertiary alicyclic amines) is 1. The first-order valence-corrected chi connectivity index (χ1v) is 10.2. The van der Waals surface area contributed by atoms with Gasteiger partial charge in [0.1, 0.15) is 23.2 Å². The van der Waals surface area contributed by atoms with E-state index in [1.807, 2.05) is 32.9 Å². The average molecular weight is 393 g/mol. The minimum absolute atomic E-state index is 0.379. The highest BCUT2D eigenvalue weighted by atomic mass is 16.4. The van der Waals surface area contributed by atoms with Crippen LogP contribution in [0.25, 0.3) is 0 Å². The molecule has 1 N–H and O–H groups in total. The minimum Gasteiger partial charge on any atom is -0.446 e. The summed E-state index contributed by atoms with van der Waals surface area (Å²) in [6.07, 6.45) is 4.08. The van der Waals surface area contributed by atoms with Crippen LogP contribution in [0.1, 0.15) is 53.2 Å². The van der Waals surface area contributed by atoms with Crippen molar-refractivity contribution in [2.75, 3.05) is 18.4 Å². The molecule has 1 fully saturated rings. The lowest BCUT2D eigenvalue weighted by atomic mass is 9.94. The van der Waals surface area contributed by atoms with Gasteiger partial charge in [-0.3, -0.25) is 4.90 Å². The van der Waals surface area contributed by atoms with Crippen LogP contribution < -0.4 is 5.32 Å². The number of nitrogens with zero attached hydrogens (tertiary/aromatic N) is 5. The Morgan fingerprint density at radius 1 is 1.10 bits per heavy atom. The molecule has 152 valence electrons. The third-order valence-electron chi connectivity index (χ3n) is 5.33. The Morgan fingerprint density at radius 3 is 2.72 bits per heavy atom. The lowest BCUT2D eigenvalue weighted by Crippen LogP contribution is -2.34. The quantitative estimate of drug-likeness (QED) is 0.696. The summed E-state index contributed by atoms with van der Waals surface area (Å²) in [7, 11) is 0. The fourth-order valence-corrected chi connectivity index (χ4v) is 3.97. The topological polar surface area (TPSA) is 80.0 Å². The fraction of sp³-hybridized carbons (Fsp3) is 0.455. The Labute approximate surface area is 171 Å². The molecule has 1 saturated heterocycles. The summed E-state index contributed by atoms with van der Waals surface area (Å²) in [6, 6.07) is 6.06. The van der Waals surface area contributed by atoms with Gasteiger partial charge in [-0.1, -0.05) is 0 Å². The van der Waals surface area contributed by atoms with Crippen molar-refractivity contribution in [3.63, 3.8) is 0 Å². The van der Waals surface area contributed by atoms with Crippen LogP contribution in [0.5, 0.6) is 0 Å². The predicted octanol–water partition coefficient (Wildman–Crippen LogP) is 4.22. The zero-order chi connectivity index (χ0) is 20.4. The number of oxazole rings is 1. The van der Waals surface area contributed by atoms with Crippen molar-refractivity contribution in [2.24, 2.45) is 0 Å². The van der Waals surface area contributed by atoms with Gasteiger partial charge in [0.25, 0.3) is 0 Å². The molecule has 0 aliphatic carbocycles. The summed E-state index contributed by atoms with van der Waals surface area (Å²) in [4.78, 5) is 20.7. The summed E-state index contributed by atoms with van der Waals surface area (Å²) in [5.41, 5.74) is 3.29. The molecular formula is C22H28N6O. The molecule has 7 heteroatoms. The number of rotatable bonds is 5. The third kappa shape index (κ3) is 4.79. The first-order chi connectivity index (χ1) is 14.0. The highest BCUT2D eigenvalue weighted by Gasteiger charge is 2.24. The third-order valence-corrected chi connectivity index (χ3v) is 5.33. The predicted molar refractivity (Wildman–Crippen MR) is 112 cm³/mol. The highest BCUT2D eigenvalue weighted by molar-refractivity contribution is 5.52. The number of aromatic nitrogens is 4. The van der Waals surface area contributed by atoms with Gasteiger partial charge in [0.05, 0.1) is 11.4 Å². The molecule has 0 radical (unpaired) electrons. The molecule has 4 rings (SSSR count). The van der Waals surface area contributed by atoms with E-state index in [4.69, 9.17) is 9.40 Å². The Hall–Kier alpha value is -2.80. The second kappa shape index (κ2) is 8.29. The van der Waals surface area contributed by atoms with E-state index in [9.17, 15) is 0 Å². The summed E-state index contributed by atoms with van der Waals surface area (Å²) in [5, 5.41) is 3.33. The van der Waals surface area contributed by atoms with Gasteiger partial charge in [-0.25, -0.2) is 19.9 Å². The van der Waals surface area contributed by atoms with Crippen LogP contribution in [-0.4, -0.2) is 37.9 Å². The second-order valence-electron chi connectivity index (χ2n) is 7.88. The number of anilines is 2. The number of hydrogen-bond acceptors (Lipinski definition) is 7. The van der Waals surface area contributed by atoms with Gasteiger partial charge in [-0.05, 0) is 57.9 Å². The highest BCUT2D eigenvalue weighted by Crippen LogP contribution is 2.28. The van der Waals surface area contributed by atoms with E-state index < -0.39 is 0 Å². The molecule has 1 atom stereocenters. The zero-order valence-corrected chi connectivity index (χ0v) is 17.6. The number of nitrogens with one attached hydrogen (secondary N) is 1. The molecule has 1 aliphatic rings. The Kier molecular flexibility index (Phi) is 5.58. The van der Waals surface area contributed by atoms with Crippen LogP contribution >= 0.6 is 0 Å². The summed E-state index contributed by atoms with van der Waals surface area (Å²) in [5.74, 6) is 4.40. The molecular weight excluding hydrogens is 364 g/mol. The van der Waals surface area contributed by atoms with Gasteiger partial charge >= 0.3 is 0 Å². The first-order valence-electron chi connectivity index (χ1n) is 10.2. The van der Waals surface area contributed by atoms with Crippen LogP contribution in [0, 0.1) is 27.7 Å². The minimum atomic E-state index is 0.379. The van der Waals surface area contributed by atoms with Crippen molar-refractivity contribution in [3.05, 3.63) is 58.8 Å². The Morgan fingerprint density at radius 2 is 1.97 bits per heavy atom. The lowest BCUT2D eigenvalue weighted by Gasteiger charge is -2.32. The molecule has 1 aliphatic heterocycles. The molecule has 0 aromatic carbocycles. The van der Waals surface area contributed by atoms with E-state index in [1.54, 1.807) is 6.20 Å². The van der Waals surface area contributed by atoms with Crippen LogP contribution in [0.15, 0.2) is 28.8 Å². The van der Waals surface area contributed by atoms with Gasteiger partial charge in [0.15, 0.2) is 5.89 Å². The SMILES string of the molecule is Cc1ccnc(Nc2cc(C3CCCN(Cc4nc(C)oc4C)C3)nc(C)n2)c1. The number of piperidine rings is 1. The zero-order valence-electron chi connectivity index (χ0n) is 17.6. The van der Waals surface area contributed by atoms with Gasteiger partial charge in [0.2, 0.25) is 0 Å². The molecule has 0 spiro atoms. The molecule has 3 aromatic heterocycles. The van der Waals surface area contributed by atoms with E-state index in [2.05, 4.69) is 38.2 Å². The van der Waals surface area contributed by atoms with Crippen molar-refractivity contribution >= 4 is 11.6 Å². The molecule has 1 unspecified atom stereocenters. The molecule has 0 amide bonds. The maximum absolute atomic E-state index is 5.59. The molecule has 29 heavy (non-hydrogen) atoms. The number of aryl methyl sites for hydroxylation is 4. The monoisotopic (exact) mass is 392 g/mol. The van der Waals surface area contributed by atoms with Crippen molar-refractivity contribution in [1.82, 2.24) is 24.8 Å². The van der Waals surface area contributed by atoms with E-state index in [0.29, 0.717) is 5.92 Å². The smallest absolute Gasteiger partial charge is 0.191 e. The van der Waals surface area contributed by atoms with Crippen molar-refractivity contribution in [1.29, 1.82) is 0 Å². The number of hydrogen-bond donors (Lipinski definition) is 1. The maximum Gasteiger partial charge on any atom is 0.191 e. The Bertz CT molecular complexity index is 999. The van der Waals surface area contributed by atoms with Crippen molar-refractivity contribution in [3.8, 4) is 0 Å². The van der Waals surface area contributed by atoms with Crippen molar-refractivity contribution < 1.29 is 4.42 Å². The van der Waals surface area contributed by atoms with Crippen LogP contribution in [0.3, 0.4) is 0 Å². The van der Waals surface area contributed by atoms with Gasteiger partial charge < -0.3 is 9.73 Å². The normalized spacial score (nSPS) is 17.4. The van der Waals surface area contributed by atoms with Crippen LogP contribution in [-0.2, 0) is 6.54 Å². The first kappa shape index (κ1) is 19.5. The van der Waals surface area contributed by atoms with E-state index in [0.717, 1.165) is 78.5 Å². The molecule has 0 saturated carbocycles. The molecule has 4 heterocycles. The van der Waals surface area contributed by atoms with Gasteiger partial charge in [-0.15, -0.1) is 0 Å². The fourth-order valence-electron chi connectivity index (χ4n) is 3.97. The summed E-state index contributed by atoms with van der Waals surface area (Å²) < 4.78 is 5.59. The largest absolute Gasteiger partial charge is 0.446 e. The van der Waals surface area contributed by atoms with Crippen LogP contribution in [0.2, 0.25) is 0 Å². The number of pyridine rings is 1. The summed E-state index contributed by atoms with van der Waals surface area (Å²) >= 11 is 0. The molecule has 0 bridgehead atoms. The van der Waals surface area contributed by atoms with Crippen molar-refractivity contribution in [2.45, 2.75) is 53.0 Å². The maximum atomic E-state index is 5.59. The molecule has 7 nitrogen and oxygen atoms in total. The van der Waals surface area contributed by atoms with Gasteiger partial charge in [0, 0.05) is 38.2 Å². The standard InChI is InChI=1S/C22H28N6O/c1-14-7-8-23-21(10-14)27-22-11-19(24-16(3)25-22)18-6-5-9-28(12-18)13-20-15(2)29-17(4)26-20/h7-8,10-11,18H,5-6,9,12-13H2,1-4H3,(H,23,24,25,27). The Balaban J connectivity index is 1.49. The van der Waals surface area contributed by atoms with E-state index in [1.165, 1.54) is 0 Å². The summed E-state index contributed by atoms with van der Waals surface area (Å²) in [6.45, 7) is 10.7. The van der Waals surface area contributed by atoms with Gasteiger partial charge in [-0.2, -0.15) is 0 Å². The van der Waals surface area contributed by atoms with E-state index >= 15 is 0 Å². The molecule has 3 aromatic rings. The second-order valence-corrected chi connectivity index (χ2v) is 7.88. The average Bonchev–Trinajstić information content (AvgIpc) is 2.98. The lowest BCUT2D eigenvalue weighted by molar-refractivity contribution is 0.195.